The molecule has 1 rings (SSSR count). The highest BCUT2D eigenvalue weighted by Gasteiger charge is 2.08. The van der Waals surface area contributed by atoms with Crippen molar-refractivity contribution in [3.63, 3.8) is 0 Å². The van der Waals surface area contributed by atoms with E-state index in [9.17, 15) is 8.42 Å². The predicted molar refractivity (Wildman–Crippen MR) is 70.9 cm³/mol. The molecular weight excluding hydrogens is 260 g/mol. The topological polar surface area (TPSA) is 89.2 Å². The van der Waals surface area contributed by atoms with Crippen LogP contribution >= 0.6 is 12.2 Å². The monoisotopic (exact) mass is 274 g/mol. The van der Waals surface area contributed by atoms with E-state index in [1.165, 1.54) is 18.6 Å². The van der Waals surface area contributed by atoms with Gasteiger partial charge in [0.15, 0.2) is 0 Å². The van der Waals surface area contributed by atoms with Crippen molar-refractivity contribution in [3.8, 4) is 0 Å². The summed E-state index contributed by atoms with van der Waals surface area (Å²) in [6, 6.07) is 0. The zero-order chi connectivity index (χ0) is 13.1. The Hall–Kier alpha value is -1.28. The summed E-state index contributed by atoms with van der Waals surface area (Å²) in [6.07, 6.45) is 4.17. The van der Waals surface area contributed by atoms with Crippen LogP contribution in [0.1, 0.15) is 5.69 Å². The molecule has 0 amide bonds. The van der Waals surface area contributed by atoms with Crippen molar-refractivity contribution in [2.45, 2.75) is 0 Å². The molecule has 6 nitrogen and oxygen atoms in total. The van der Waals surface area contributed by atoms with Gasteiger partial charge in [-0.1, -0.05) is 12.2 Å². The number of nitrogens with zero attached hydrogens (tertiary/aromatic N) is 3. The maximum Gasteiger partial charge on any atom is 0.149 e. The standard InChI is InChI=1S/C9H14N4O2S2/c1-13(3-4-17(2,14)15)8-6-11-7(5-12-8)9(10)16/h5-6H,3-4H2,1-2H3,(H2,10,16). The van der Waals surface area contributed by atoms with Crippen LogP contribution in [0.5, 0.6) is 0 Å². The fourth-order valence-corrected chi connectivity index (χ4v) is 1.77. The van der Waals surface area contributed by atoms with Crippen LogP contribution in [0.2, 0.25) is 0 Å². The highest BCUT2D eigenvalue weighted by molar-refractivity contribution is 7.90. The fraction of sp³-hybridized carbons (Fsp3) is 0.444. The van der Waals surface area contributed by atoms with Crippen molar-refractivity contribution in [1.29, 1.82) is 0 Å². The molecule has 1 heterocycles. The lowest BCUT2D eigenvalue weighted by molar-refractivity contribution is 0.601. The maximum atomic E-state index is 11.0. The number of thiocarbonyl (C=S) groups is 1. The van der Waals surface area contributed by atoms with E-state index >= 15 is 0 Å². The van der Waals surface area contributed by atoms with Gasteiger partial charge in [-0.2, -0.15) is 0 Å². The van der Waals surface area contributed by atoms with Crippen LogP contribution in [-0.4, -0.2) is 49.0 Å². The third-order valence-corrected chi connectivity index (χ3v) is 3.21. The maximum absolute atomic E-state index is 11.0. The minimum Gasteiger partial charge on any atom is -0.388 e. The molecule has 94 valence electrons. The minimum absolute atomic E-state index is 0.0717. The number of hydrogen-bond donors (Lipinski definition) is 1. The molecule has 8 heteroatoms. The summed E-state index contributed by atoms with van der Waals surface area (Å²) >= 11 is 4.75. The van der Waals surface area contributed by atoms with E-state index in [0.717, 1.165) is 0 Å². The molecule has 0 saturated heterocycles. The molecule has 0 aliphatic rings. The lowest BCUT2D eigenvalue weighted by atomic mass is 10.4. The van der Waals surface area contributed by atoms with Crippen molar-refractivity contribution in [3.05, 3.63) is 18.1 Å². The van der Waals surface area contributed by atoms with Gasteiger partial charge in [0.2, 0.25) is 0 Å². The Morgan fingerprint density at radius 2 is 2.12 bits per heavy atom. The van der Waals surface area contributed by atoms with Crippen molar-refractivity contribution in [1.82, 2.24) is 9.97 Å². The average Bonchev–Trinajstić information content (AvgIpc) is 2.25. The molecule has 0 spiro atoms. The first-order valence-electron chi connectivity index (χ1n) is 4.80. The van der Waals surface area contributed by atoms with E-state index in [1.54, 1.807) is 11.9 Å². The third kappa shape index (κ3) is 4.61. The molecular formula is C9H14N4O2S2. The second-order valence-corrected chi connectivity index (χ2v) is 6.38. The van der Waals surface area contributed by atoms with Gasteiger partial charge in [-0.25, -0.2) is 18.4 Å². The first-order chi connectivity index (χ1) is 7.79. The SMILES string of the molecule is CN(CCS(C)(=O)=O)c1cnc(C(N)=S)cn1. The van der Waals surface area contributed by atoms with E-state index in [4.69, 9.17) is 18.0 Å². The highest BCUT2D eigenvalue weighted by atomic mass is 32.2. The third-order valence-electron chi connectivity index (χ3n) is 2.08. The van der Waals surface area contributed by atoms with Crippen LogP contribution in [0.4, 0.5) is 5.82 Å². The first-order valence-corrected chi connectivity index (χ1v) is 7.27. The molecule has 0 radical (unpaired) electrons. The Bertz CT molecular complexity index is 498. The Balaban J connectivity index is 2.70. The lowest BCUT2D eigenvalue weighted by Gasteiger charge is -2.16. The number of anilines is 1. The number of rotatable bonds is 5. The molecule has 1 aromatic rings. The van der Waals surface area contributed by atoms with E-state index in [-0.39, 0.29) is 10.7 Å². The Morgan fingerprint density at radius 1 is 1.47 bits per heavy atom. The molecule has 0 saturated carbocycles. The fourth-order valence-electron chi connectivity index (χ4n) is 1.06. The molecule has 0 bridgehead atoms. The zero-order valence-corrected chi connectivity index (χ0v) is 11.3. The van der Waals surface area contributed by atoms with Crippen molar-refractivity contribution in [2.75, 3.05) is 30.5 Å². The van der Waals surface area contributed by atoms with E-state index in [1.807, 2.05) is 0 Å². The molecule has 0 aliphatic carbocycles. The van der Waals surface area contributed by atoms with Gasteiger partial charge in [-0.15, -0.1) is 0 Å². The van der Waals surface area contributed by atoms with Crippen LogP contribution in [0.25, 0.3) is 0 Å². The van der Waals surface area contributed by atoms with Crippen LogP contribution in [0, 0.1) is 0 Å². The van der Waals surface area contributed by atoms with Crippen molar-refractivity contribution in [2.24, 2.45) is 5.73 Å². The smallest absolute Gasteiger partial charge is 0.149 e. The summed E-state index contributed by atoms with van der Waals surface area (Å²) in [5.41, 5.74) is 5.84. The lowest BCUT2D eigenvalue weighted by Crippen LogP contribution is -2.26. The Labute approximate surface area is 106 Å². The van der Waals surface area contributed by atoms with Crippen molar-refractivity contribution < 1.29 is 8.42 Å². The van der Waals surface area contributed by atoms with Crippen LogP contribution in [0.3, 0.4) is 0 Å². The first kappa shape index (κ1) is 13.8. The van der Waals surface area contributed by atoms with Gasteiger partial charge in [0.1, 0.15) is 26.3 Å². The van der Waals surface area contributed by atoms with Crippen LogP contribution < -0.4 is 10.6 Å². The molecule has 0 atom stereocenters. The summed E-state index contributed by atoms with van der Waals surface area (Å²) < 4.78 is 22.0. The van der Waals surface area contributed by atoms with Crippen LogP contribution in [0.15, 0.2) is 12.4 Å². The van der Waals surface area contributed by atoms with E-state index < -0.39 is 9.84 Å². The molecule has 2 N–H and O–H groups in total. The average molecular weight is 274 g/mol. The summed E-state index contributed by atoms with van der Waals surface area (Å²) in [6.45, 7) is 0.361. The molecule has 0 aliphatic heterocycles. The summed E-state index contributed by atoms with van der Waals surface area (Å²) in [5, 5.41) is 0. The van der Waals surface area contributed by atoms with E-state index in [0.29, 0.717) is 18.1 Å². The minimum atomic E-state index is -2.98. The molecule has 1 aromatic heterocycles. The summed E-state index contributed by atoms with van der Waals surface area (Å²) in [4.78, 5) is 10.0. The quantitative estimate of drug-likeness (QED) is 0.730. The van der Waals surface area contributed by atoms with Gasteiger partial charge in [0, 0.05) is 19.8 Å². The van der Waals surface area contributed by atoms with Gasteiger partial charge in [-0.3, -0.25) is 0 Å². The zero-order valence-electron chi connectivity index (χ0n) is 9.62. The Morgan fingerprint density at radius 3 is 2.53 bits per heavy atom. The second-order valence-electron chi connectivity index (χ2n) is 3.68. The molecule has 0 fully saturated rings. The number of hydrogen-bond acceptors (Lipinski definition) is 6. The second kappa shape index (κ2) is 5.37. The number of nitrogens with two attached hydrogens (primary N) is 1. The number of aromatic nitrogens is 2. The summed E-state index contributed by atoms with van der Waals surface area (Å²) in [5.74, 6) is 0.649. The van der Waals surface area contributed by atoms with Crippen molar-refractivity contribution >= 4 is 32.9 Å². The van der Waals surface area contributed by atoms with Gasteiger partial charge in [0.05, 0.1) is 18.1 Å². The van der Waals surface area contributed by atoms with Gasteiger partial charge >= 0.3 is 0 Å². The Kier molecular flexibility index (Phi) is 4.35. The van der Waals surface area contributed by atoms with E-state index in [2.05, 4.69) is 9.97 Å². The molecule has 17 heavy (non-hydrogen) atoms. The van der Waals surface area contributed by atoms with Gasteiger partial charge in [-0.05, 0) is 0 Å². The largest absolute Gasteiger partial charge is 0.388 e. The van der Waals surface area contributed by atoms with Gasteiger partial charge in [0.25, 0.3) is 0 Å². The molecule has 0 aromatic carbocycles. The van der Waals surface area contributed by atoms with Crippen LogP contribution in [-0.2, 0) is 9.84 Å². The highest BCUT2D eigenvalue weighted by Crippen LogP contribution is 2.06. The summed E-state index contributed by atoms with van der Waals surface area (Å²) in [7, 11) is -1.23. The number of sulfone groups is 1. The molecule has 0 unspecified atom stereocenters. The normalized spacial score (nSPS) is 11.2. The van der Waals surface area contributed by atoms with Gasteiger partial charge < -0.3 is 10.6 Å². The predicted octanol–water partition coefficient (Wildman–Crippen LogP) is -0.408.